The summed E-state index contributed by atoms with van der Waals surface area (Å²) in [5.41, 5.74) is 4.51. The highest BCUT2D eigenvalue weighted by Crippen LogP contribution is 2.61. The Morgan fingerprint density at radius 3 is 2.41 bits per heavy atom. The number of anilines is 1. The van der Waals surface area contributed by atoms with Gasteiger partial charge in [0.2, 0.25) is 12.2 Å². The topological polar surface area (TPSA) is 311 Å². The molecule has 0 amide bonds. The molecule has 0 aliphatic carbocycles. The lowest BCUT2D eigenvalue weighted by Gasteiger charge is -2.38. The van der Waals surface area contributed by atoms with Gasteiger partial charge in [0.1, 0.15) is 36.6 Å². The Morgan fingerprint density at radius 1 is 1.08 bits per heavy atom. The van der Waals surface area contributed by atoms with E-state index in [1.165, 1.54) is 0 Å². The summed E-state index contributed by atoms with van der Waals surface area (Å²) in [7, 11) is -11.2. The number of hydrogen-bond donors (Lipinski definition) is 9. The number of fused-ring (bicyclic) bond motifs is 1. The Balaban J connectivity index is 1.39. The van der Waals surface area contributed by atoms with Crippen LogP contribution in [-0.2, 0) is 32.0 Å². The molecule has 2 fully saturated rings. The molecule has 20 nitrogen and oxygen atoms in total. The lowest BCUT2D eigenvalue weighted by Crippen LogP contribution is -2.57. The number of aliphatic hydroxyl groups excluding tert-OH is 5. The normalized spacial score (nSPS) is 36.6. The van der Waals surface area contributed by atoms with Crippen molar-refractivity contribution in [2.75, 3.05) is 18.9 Å². The molecule has 11 atom stereocenters. The lowest BCUT2D eigenvalue weighted by molar-refractivity contribution is -0.265. The first kappa shape index (κ1) is 30.0. The third-order valence-electron chi connectivity index (χ3n) is 5.71. The number of aliphatic hydroxyl groups is 5. The van der Waals surface area contributed by atoms with Crippen LogP contribution in [0.15, 0.2) is 11.1 Å². The molecule has 2 aromatic rings. The summed E-state index contributed by atoms with van der Waals surface area (Å²) in [4.78, 5) is 41.5. The van der Waals surface area contributed by atoms with Gasteiger partial charge in [0.15, 0.2) is 23.6 Å². The number of hydrogen-bond acceptors (Lipinski definition) is 16. The first-order chi connectivity index (χ1) is 18.1. The van der Waals surface area contributed by atoms with Crippen molar-refractivity contribution in [1.29, 1.82) is 0 Å². The van der Waals surface area contributed by atoms with Crippen molar-refractivity contribution in [2.45, 2.75) is 55.3 Å². The second-order valence-electron chi connectivity index (χ2n) is 8.39. The van der Waals surface area contributed by atoms with Crippen LogP contribution in [0.4, 0.5) is 10.3 Å². The van der Waals surface area contributed by atoms with Crippen LogP contribution in [0, 0.1) is 0 Å². The number of phosphoric acid groups is 2. The van der Waals surface area contributed by atoms with Crippen LogP contribution in [-0.4, -0.2) is 117 Å². The molecular weight excluding hydrogens is 583 g/mol. The van der Waals surface area contributed by atoms with Crippen molar-refractivity contribution >= 4 is 32.8 Å². The summed E-state index contributed by atoms with van der Waals surface area (Å²) >= 11 is 0. The fourth-order valence-electron chi connectivity index (χ4n) is 3.83. The van der Waals surface area contributed by atoms with Crippen molar-refractivity contribution in [1.82, 2.24) is 19.5 Å². The molecular formula is C16H24FN5O15P2. The van der Waals surface area contributed by atoms with E-state index in [0.29, 0.717) is 0 Å². The predicted octanol–water partition coefficient (Wildman–Crippen LogP) is -3.65. The van der Waals surface area contributed by atoms with Crippen LogP contribution >= 0.6 is 15.6 Å². The number of aromatic amines is 1. The minimum Gasteiger partial charge on any atom is -0.394 e. The van der Waals surface area contributed by atoms with E-state index in [4.69, 9.17) is 20.3 Å². The number of nitrogens with two attached hydrogens (primary N) is 1. The van der Waals surface area contributed by atoms with E-state index in [9.17, 15) is 48.5 Å². The molecule has 2 saturated heterocycles. The molecule has 0 aromatic carbocycles. The quantitative estimate of drug-likeness (QED) is 0.124. The molecule has 0 bridgehead atoms. The second kappa shape index (κ2) is 11.1. The zero-order chi connectivity index (χ0) is 28.9. The molecule has 23 heteroatoms. The third kappa shape index (κ3) is 6.21. The number of aromatic nitrogens is 4. The molecule has 2 unspecified atom stereocenters. The number of imidazole rings is 1. The molecule has 4 rings (SSSR count). The predicted molar refractivity (Wildman–Crippen MR) is 119 cm³/mol. The molecule has 0 radical (unpaired) electrons. The number of phosphoric ester groups is 2. The van der Waals surface area contributed by atoms with Crippen LogP contribution in [0.25, 0.3) is 11.2 Å². The van der Waals surface area contributed by atoms with Crippen molar-refractivity contribution < 1.29 is 71.7 Å². The van der Waals surface area contributed by atoms with Crippen molar-refractivity contribution in [3.05, 3.63) is 16.7 Å². The number of ether oxygens (including phenoxy) is 2. The largest absolute Gasteiger partial charge is 0.483 e. The van der Waals surface area contributed by atoms with Gasteiger partial charge in [-0.15, -0.1) is 0 Å². The summed E-state index contributed by atoms with van der Waals surface area (Å²) in [6, 6.07) is 0. The number of nitrogens with zero attached hydrogens (tertiary/aromatic N) is 3. The number of alkyl halides is 1. The molecule has 39 heavy (non-hydrogen) atoms. The first-order valence-electron chi connectivity index (χ1n) is 10.8. The van der Waals surface area contributed by atoms with E-state index in [1.807, 2.05) is 0 Å². The van der Waals surface area contributed by atoms with E-state index < -0.39 is 89.7 Å². The standard InChI is InChI=1S/C16H24FN5O15P2/c17-6-10(26)8(24)4(1-23)35-15(6)36-39(31,32)37-38(29,30)33-2-5-9(25)11(27)14(34-5)22-3-19-7-12(22)20-16(18)21-13(7)28/h3-6,8-11,14-15,23-27H,1-2H2,(H,29,30)(H,31,32)(H3,18,20,21,28)/t4-,5-,6-,8+,9-,10-,11-,14-,15-/m1/s1. The Morgan fingerprint density at radius 2 is 1.74 bits per heavy atom. The zero-order valence-corrected chi connectivity index (χ0v) is 21.1. The van der Waals surface area contributed by atoms with E-state index in [-0.39, 0.29) is 17.1 Å². The average molecular weight is 607 g/mol. The average Bonchev–Trinajstić information content (AvgIpc) is 3.38. The van der Waals surface area contributed by atoms with Gasteiger partial charge in [0, 0.05) is 0 Å². The van der Waals surface area contributed by atoms with E-state index in [0.717, 1.165) is 10.9 Å². The van der Waals surface area contributed by atoms with Gasteiger partial charge in [-0.1, -0.05) is 0 Å². The molecule has 4 heterocycles. The number of nitrogen functional groups attached to an aromatic ring is 1. The highest BCUT2D eigenvalue weighted by molar-refractivity contribution is 7.61. The summed E-state index contributed by atoms with van der Waals surface area (Å²) in [6.07, 6.45) is -16.2. The highest BCUT2D eigenvalue weighted by Gasteiger charge is 2.50. The maximum Gasteiger partial charge on any atom is 0.483 e. The molecule has 2 aromatic heterocycles. The molecule has 220 valence electrons. The number of nitrogens with one attached hydrogen (secondary N) is 1. The lowest BCUT2D eigenvalue weighted by atomic mass is 10.0. The number of rotatable bonds is 9. The van der Waals surface area contributed by atoms with Crippen molar-refractivity contribution in [3.63, 3.8) is 0 Å². The van der Waals surface area contributed by atoms with Crippen LogP contribution in [0.1, 0.15) is 6.23 Å². The minimum atomic E-state index is -5.68. The smallest absolute Gasteiger partial charge is 0.394 e. The second-order valence-corrected chi connectivity index (χ2v) is 11.4. The fraction of sp³-hybridized carbons (Fsp3) is 0.688. The van der Waals surface area contributed by atoms with Gasteiger partial charge in [0.05, 0.1) is 19.5 Å². The molecule has 2 aliphatic heterocycles. The first-order valence-corrected chi connectivity index (χ1v) is 13.8. The Bertz CT molecular complexity index is 1340. The van der Waals surface area contributed by atoms with Gasteiger partial charge < -0.3 is 50.5 Å². The van der Waals surface area contributed by atoms with Crippen LogP contribution in [0.5, 0.6) is 0 Å². The summed E-state index contributed by atoms with van der Waals surface area (Å²) in [5.74, 6) is -0.286. The van der Waals surface area contributed by atoms with E-state index in [1.54, 1.807) is 0 Å². The minimum absolute atomic E-state index is 0.124. The van der Waals surface area contributed by atoms with Gasteiger partial charge in [-0.3, -0.25) is 23.4 Å². The van der Waals surface area contributed by atoms with Gasteiger partial charge in [-0.25, -0.2) is 18.5 Å². The van der Waals surface area contributed by atoms with Gasteiger partial charge in [-0.05, 0) is 0 Å². The van der Waals surface area contributed by atoms with Gasteiger partial charge >= 0.3 is 15.6 Å². The summed E-state index contributed by atoms with van der Waals surface area (Å²) in [5, 5.41) is 49.1. The number of H-pyrrole nitrogens is 1. The van der Waals surface area contributed by atoms with Crippen LogP contribution < -0.4 is 11.3 Å². The Kier molecular flexibility index (Phi) is 8.58. The van der Waals surface area contributed by atoms with Crippen molar-refractivity contribution in [2.24, 2.45) is 0 Å². The Labute approximate surface area is 215 Å². The maximum atomic E-state index is 14.2. The molecule has 0 saturated carbocycles. The molecule has 10 N–H and O–H groups in total. The zero-order valence-electron chi connectivity index (χ0n) is 19.3. The van der Waals surface area contributed by atoms with Crippen LogP contribution in [0.3, 0.4) is 0 Å². The maximum absolute atomic E-state index is 14.2. The molecule has 2 aliphatic rings. The molecule has 0 spiro atoms. The van der Waals surface area contributed by atoms with Crippen molar-refractivity contribution in [3.8, 4) is 0 Å². The third-order valence-corrected chi connectivity index (χ3v) is 8.31. The van der Waals surface area contributed by atoms with E-state index >= 15 is 0 Å². The van der Waals surface area contributed by atoms with Gasteiger partial charge in [-0.2, -0.15) is 9.29 Å². The summed E-state index contributed by atoms with van der Waals surface area (Å²) < 4.78 is 62.8. The fourth-order valence-corrected chi connectivity index (χ4v) is 5.98. The Hall–Kier alpha value is -1.94. The monoisotopic (exact) mass is 607 g/mol. The highest BCUT2D eigenvalue weighted by atomic mass is 31.3. The summed E-state index contributed by atoms with van der Waals surface area (Å²) in [6.45, 7) is -1.97. The SMILES string of the molecule is Nc1nc2c(ncn2[C@@H]2O[C@H](COP(=O)(O)OP(=O)(O)O[C@H]3O[C@H](CO)[C@H](O)[C@H](O)[C@H]3F)[C@@H](O)[C@H]2O)c(=O)[nH]1. The van der Waals surface area contributed by atoms with Crippen LogP contribution in [0.2, 0.25) is 0 Å². The number of halogens is 1. The van der Waals surface area contributed by atoms with E-state index in [2.05, 4.69) is 28.3 Å². The van der Waals surface area contributed by atoms with Gasteiger partial charge in [0.25, 0.3) is 5.56 Å².